The van der Waals surface area contributed by atoms with Crippen LogP contribution in [0, 0.1) is 0 Å². The predicted molar refractivity (Wildman–Crippen MR) is 106 cm³/mol. The molecule has 0 aliphatic rings. The molecule has 1 unspecified atom stereocenters. The fourth-order valence-corrected chi connectivity index (χ4v) is 2.69. The van der Waals surface area contributed by atoms with E-state index in [0.29, 0.717) is 24.3 Å². The Balaban J connectivity index is 2.05. The van der Waals surface area contributed by atoms with Gasteiger partial charge in [0.1, 0.15) is 11.5 Å². The number of phenolic OH excluding ortho intramolecular Hbond substituents is 1. The second-order valence-corrected chi connectivity index (χ2v) is 6.25. The molecule has 0 aromatic heterocycles. The van der Waals surface area contributed by atoms with Crippen LogP contribution in [-0.4, -0.2) is 41.4 Å². The van der Waals surface area contributed by atoms with Gasteiger partial charge in [-0.1, -0.05) is 19.1 Å². The number of hydrogen-bond acceptors (Lipinski definition) is 7. The lowest BCUT2D eigenvalue weighted by atomic mass is 10.1. The van der Waals surface area contributed by atoms with Crippen molar-refractivity contribution in [2.75, 3.05) is 13.2 Å². The van der Waals surface area contributed by atoms with Crippen LogP contribution in [0.4, 0.5) is 0 Å². The molecule has 2 aromatic rings. The SMILES string of the molecule is CCNC(CCOc1ccc(O)c(C(N)=O)c1)Oc1c(O)cccc1CC(N)=O. The number of para-hydroxylation sites is 1. The van der Waals surface area contributed by atoms with Crippen molar-refractivity contribution in [1.29, 1.82) is 0 Å². The van der Waals surface area contributed by atoms with Gasteiger partial charge >= 0.3 is 0 Å². The van der Waals surface area contributed by atoms with Crippen molar-refractivity contribution in [3.05, 3.63) is 47.5 Å². The van der Waals surface area contributed by atoms with E-state index < -0.39 is 18.0 Å². The number of primary amides is 2. The van der Waals surface area contributed by atoms with E-state index in [4.69, 9.17) is 20.9 Å². The van der Waals surface area contributed by atoms with E-state index >= 15 is 0 Å². The molecule has 2 rings (SSSR count). The highest BCUT2D eigenvalue weighted by Gasteiger charge is 2.17. The summed E-state index contributed by atoms with van der Waals surface area (Å²) in [4.78, 5) is 22.6. The Labute approximate surface area is 168 Å². The number of nitrogens with two attached hydrogens (primary N) is 2. The number of rotatable bonds is 11. The Morgan fingerprint density at radius 2 is 1.90 bits per heavy atom. The number of aromatic hydroxyl groups is 2. The van der Waals surface area contributed by atoms with Crippen molar-refractivity contribution in [3.63, 3.8) is 0 Å². The number of hydrogen-bond donors (Lipinski definition) is 5. The third-order valence-corrected chi connectivity index (χ3v) is 4.01. The maximum atomic E-state index is 11.3. The molecule has 0 bridgehead atoms. The third-order valence-electron chi connectivity index (χ3n) is 4.01. The summed E-state index contributed by atoms with van der Waals surface area (Å²) in [6, 6.07) is 8.91. The number of benzene rings is 2. The largest absolute Gasteiger partial charge is 0.507 e. The minimum atomic E-state index is -0.761. The summed E-state index contributed by atoms with van der Waals surface area (Å²) in [6.45, 7) is 2.69. The average molecular weight is 403 g/mol. The zero-order valence-corrected chi connectivity index (χ0v) is 16.1. The lowest BCUT2D eigenvalue weighted by Crippen LogP contribution is -2.36. The van der Waals surface area contributed by atoms with Crippen molar-refractivity contribution < 1.29 is 29.3 Å². The molecule has 1 atom stereocenters. The molecule has 0 spiro atoms. The van der Waals surface area contributed by atoms with Gasteiger partial charge in [0, 0.05) is 12.0 Å². The Morgan fingerprint density at radius 1 is 1.14 bits per heavy atom. The first-order valence-electron chi connectivity index (χ1n) is 9.06. The van der Waals surface area contributed by atoms with Crippen molar-refractivity contribution in [1.82, 2.24) is 5.32 Å². The first-order valence-corrected chi connectivity index (χ1v) is 9.06. The fourth-order valence-electron chi connectivity index (χ4n) is 2.69. The normalized spacial score (nSPS) is 11.6. The van der Waals surface area contributed by atoms with Crippen LogP contribution < -0.4 is 26.3 Å². The van der Waals surface area contributed by atoms with Gasteiger partial charge < -0.3 is 31.2 Å². The molecule has 0 saturated carbocycles. The standard InChI is InChI=1S/C20H25N3O6/c1-2-23-18(29-19-12(10-17(21)26)4-3-5-16(19)25)8-9-28-13-6-7-15(24)14(11-13)20(22)27/h3-7,11,18,23-25H,2,8-10H2,1H3,(H2,21,26)(H2,22,27). The highest BCUT2D eigenvalue weighted by atomic mass is 16.5. The van der Waals surface area contributed by atoms with E-state index in [-0.39, 0.29) is 35.8 Å². The highest BCUT2D eigenvalue weighted by Crippen LogP contribution is 2.31. The van der Waals surface area contributed by atoms with E-state index in [9.17, 15) is 19.8 Å². The summed E-state index contributed by atoms with van der Waals surface area (Å²) in [6.07, 6.45) is -0.208. The van der Waals surface area contributed by atoms with Gasteiger partial charge in [-0.15, -0.1) is 0 Å². The molecule has 9 heteroatoms. The summed E-state index contributed by atoms with van der Waals surface area (Å²) in [5.41, 5.74) is 10.9. The molecular formula is C20H25N3O6. The first-order chi connectivity index (χ1) is 13.8. The van der Waals surface area contributed by atoms with Gasteiger partial charge in [0.05, 0.1) is 18.6 Å². The number of carbonyl (C=O) groups excluding carboxylic acids is 2. The van der Waals surface area contributed by atoms with Crippen LogP contribution in [0.1, 0.15) is 29.3 Å². The quantitative estimate of drug-likeness (QED) is 0.350. The lowest BCUT2D eigenvalue weighted by Gasteiger charge is -2.22. The number of amides is 2. The van der Waals surface area contributed by atoms with Crippen LogP contribution in [-0.2, 0) is 11.2 Å². The summed E-state index contributed by atoms with van der Waals surface area (Å²) in [7, 11) is 0. The van der Waals surface area contributed by atoms with Crippen molar-refractivity contribution >= 4 is 11.8 Å². The topological polar surface area (TPSA) is 157 Å². The second-order valence-electron chi connectivity index (χ2n) is 6.25. The van der Waals surface area contributed by atoms with Crippen molar-refractivity contribution in [2.24, 2.45) is 11.5 Å². The van der Waals surface area contributed by atoms with E-state index in [2.05, 4.69) is 5.32 Å². The molecule has 0 saturated heterocycles. The summed E-state index contributed by atoms with van der Waals surface area (Å²) in [5.74, 6) is -1.08. The minimum absolute atomic E-state index is 0.0349. The van der Waals surface area contributed by atoms with E-state index in [1.54, 1.807) is 12.1 Å². The van der Waals surface area contributed by atoms with E-state index in [1.807, 2.05) is 6.92 Å². The number of nitrogens with one attached hydrogen (secondary N) is 1. The van der Waals surface area contributed by atoms with Crippen LogP contribution in [0.3, 0.4) is 0 Å². The first kappa shape index (κ1) is 21.8. The predicted octanol–water partition coefficient (Wildman–Crippen LogP) is 1.01. The Morgan fingerprint density at radius 3 is 2.55 bits per heavy atom. The molecule has 9 nitrogen and oxygen atoms in total. The summed E-state index contributed by atoms with van der Waals surface area (Å²) < 4.78 is 11.5. The van der Waals surface area contributed by atoms with Gasteiger partial charge in [-0.05, 0) is 30.8 Å². The Hall–Kier alpha value is -3.46. The molecule has 2 amide bonds. The molecular weight excluding hydrogens is 378 g/mol. The molecule has 0 radical (unpaired) electrons. The molecule has 0 aliphatic carbocycles. The summed E-state index contributed by atoms with van der Waals surface area (Å²) >= 11 is 0. The Bertz CT molecular complexity index is 871. The van der Waals surface area contributed by atoms with Gasteiger partial charge in [0.2, 0.25) is 5.91 Å². The smallest absolute Gasteiger partial charge is 0.252 e. The van der Waals surface area contributed by atoms with Crippen molar-refractivity contribution in [3.8, 4) is 23.0 Å². The monoisotopic (exact) mass is 403 g/mol. The molecule has 7 N–H and O–H groups in total. The maximum absolute atomic E-state index is 11.3. The average Bonchev–Trinajstić information content (AvgIpc) is 2.65. The van der Waals surface area contributed by atoms with Gasteiger partial charge in [0.15, 0.2) is 17.7 Å². The lowest BCUT2D eigenvalue weighted by molar-refractivity contribution is -0.117. The zero-order chi connectivity index (χ0) is 21.4. The third kappa shape index (κ3) is 6.28. The van der Waals surface area contributed by atoms with Crippen LogP contribution in [0.15, 0.2) is 36.4 Å². The Kier molecular flexibility index (Phi) is 7.67. The zero-order valence-electron chi connectivity index (χ0n) is 16.1. The molecule has 0 fully saturated rings. The van der Waals surface area contributed by atoms with Gasteiger partial charge in [0.25, 0.3) is 5.91 Å². The van der Waals surface area contributed by atoms with Crippen LogP contribution in [0.5, 0.6) is 23.0 Å². The van der Waals surface area contributed by atoms with E-state index in [0.717, 1.165) is 0 Å². The second kappa shape index (κ2) is 10.2. The minimum Gasteiger partial charge on any atom is -0.507 e. The van der Waals surface area contributed by atoms with Crippen LogP contribution in [0.25, 0.3) is 0 Å². The van der Waals surface area contributed by atoms with Crippen molar-refractivity contribution in [2.45, 2.75) is 26.0 Å². The number of carbonyl (C=O) groups is 2. The van der Waals surface area contributed by atoms with Gasteiger partial charge in [-0.3, -0.25) is 14.9 Å². The molecule has 156 valence electrons. The van der Waals surface area contributed by atoms with Crippen LogP contribution in [0.2, 0.25) is 0 Å². The highest BCUT2D eigenvalue weighted by molar-refractivity contribution is 5.95. The fraction of sp³-hybridized carbons (Fsp3) is 0.300. The van der Waals surface area contributed by atoms with Gasteiger partial charge in [-0.25, -0.2) is 0 Å². The number of ether oxygens (including phenoxy) is 2. The molecule has 0 heterocycles. The van der Waals surface area contributed by atoms with Crippen LogP contribution >= 0.6 is 0 Å². The molecule has 2 aromatic carbocycles. The number of phenols is 2. The van der Waals surface area contributed by atoms with Gasteiger partial charge in [-0.2, -0.15) is 0 Å². The summed E-state index contributed by atoms with van der Waals surface area (Å²) in [5, 5.41) is 22.9. The molecule has 0 aliphatic heterocycles. The molecule has 29 heavy (non-hydrogen) atoms. The van der Waals surface area contributed by atoms with E-state index in [1.165, 1.54) is 24.3 Å². The maximum Gasteiger partial charge on any atom is 0.252 e.